The molecule has 0 amide bonds. The van der Waals surface area contributed by atoms with Crippen LogP contribution in [0.3, 0.4) is 0 Å². The van der Waals surface area contributed by atoms with E-state index in [1.807, 2.05) is 0 Å². The van der Waals surface area contributed by atoms with Gasteiger partial charge in [-0.3, -0.25) is 0 Å². The first-order valence-electron chi connectivity index (χ1n) is 25.4. The van der Waals surface area contributed by atoms with E-state index in [0.717, 1.165) is 5.69 Å². The number of rotatable bonds is 5. The van der Waals surface area contributed by atoms with Crippen molar-refractivity contribution in [2.24, 2.45) is 0 Å². The maximum absolute atomic E-state index is 2.57. The molecule has 15 rings (SSSR count). The van der Waals surface area contributed by atoms with Crippen LogP contribution in [0.5, 0.6) is 0 Å². The average Bonchev–Trinajstić information content (AvgIpc) is 4.22. The third-order valence-electron chi connectivity index (χ3n) is 17.4. The van der Waals surface area contributed by atoms with Crippen LogP contribution >= 0.6 is 0 Å². The molecule has 0 unspecified atom stereocenters. The Morgan fingerprint density at radius 1 is 0.300 bits per heavy atom. The summed E-state index contributed by atoms with van der Waals surface area (Å²) in [5, 5.41) is 0. The van der Waals surface area contributed by atoms with Gasteiger partial charge in [0.1, 0.15) is 0 Å². The lowest BCUT2D eigenvalue weighted by Crippen LogP contribution is -2.26. The fourth-order valence-corrected chi connectivity index (χ4v) is 14.6. The van der Waals surface area contributed by atoms with Crippen molar-refractivity contribution in [2.45, 2.75) is 55.8 Å². The van der Waals surface area contributed by atoms with Crippen molar-refractivity contribution >= 4 is 17.1 Å². The summed E-state index contributed by atoms with van der Waals surface area (Å²) in [5.41, 5.74) is 30.1. The normalized spacial score (nSPS) is 16.0. The van der Waals surface area contributed by atoms with E-state index in [1.165, 1.54) is 148 Å². The van der Waals surface area contributed by atoms with E-state index < -0.39 is 5.41 Å². The molecule has 1 heteroatoms. The molecule has 0 bridgehead atoms. The van der Waals surface area contributed by atoms with Crippen molar-refractivity contribution in [3.8, 4) is 66.8 Å². The van der Waals surface area contributed by atoms with Gasteiger partial charge in [0.15, 0.2) is 0 Å². The first kappa shape index (κ1) is 39.9. The Morgan fingerprint density at radius 3 is 1.26 bits per heavy atom. The van der Waals surface area contributed by atoms with E-state index in [4.69, 9.17) is 0 Å². The highest BCUT2D eigenvalue weighted by atomic mass is 15.1. The zero-order chi connectivity index (χ0) is 46.3. The second-order valence-corrected chi connectivity index (χ2v) is 21.0. The molecule has 0 heterocycles. The molecule has 0 N–H and O–H groups in total. The molecule has 5 aliphatic carbocycles. The highest BCUT2D eigenvalue weighted by molar-refractivity contribution is 5.98. The average molecular weight is 894 g/mol. The molecule has 0 aromatic heterocycles. The molecule has 0 saturated heterocycles. The van der Waals surface area contributed by atoms with Gasteiger partial charge in [-0.05, 0) is 161 Å². The summed E-state index contributed by atoms with van der Waals surface area (Å²) in [5.74, 6) is 0. The molecule has 70 heavy (non-hydrogen) atoms. The smallest absolute Gasteiger partial charge is 0.0726 e. The van der Waals surface area contributed by atoms with Gasteiger partial charge in [-0.15, -0.1) is 0 Å². The number of nitrogens with zero attached hydrogens (tertiary/aromatic N) is 1. The summed E-state index contributed by atoms with van der Waals surface area (Å²) < 4.78 is 0. The third-order valence-corrected chi connectivity index (χ3v) is 17.4. The lowest BCUT2D eigenvalue weighted by atomic mass is 9.70. The Labute approximate surface area is 411 Å². The van der Waals surface area contributed by atoms with Crippen molar-refractivity contribution in [2.75, 3.05) is 4.90 Å². The summed E-state index contributed by atoms with van der Waals surface area (Å²) in [6, 6.07) is 85.8. The molecule has 332 valence electrons. The van der Waals surface area contributed by atoms with Crippen LogP contribution in [0.4, 0.5) is 17.1 Å². The van der Waals surface area contributed by atoms with Gasteiger partial charge in [0.2, 0.25) is 0 Å². The molecule has 1 nitrogen and oxygen atoms in total. The van der Waals surface area contributed by atoms with Crippen LogP contribution in [-0.2, 0) is 16.2 Å². The van der Waals surface area contributed by atoms with Crippen LogP contribution in [0.2, 0.25) is 0 Å². The highest BCUT2D eigenvalue weighted by Crippen LogP contribution is 2.64. The Morgan fingerprint density at radius 2 is 0.686 bits per heavy atom. The first-order valence-corrected chi connectivity index (χ1v) is 25.4. The molecular weight excluding hydrogens is 843 g/mol. The summed E-state index contributed by atoms with van der Waals surface area (Å²) in [4.78, 5) is 2.55. The van der Waals surface area contributed by atoms with Crippen molar-refractivity contribution < 1.29 is 0 Å². The third kappa shape index (κ3) is 5.17. The number of hydrogen-bond acceptors (Lipinski definition) is 1. The Bertz CT molecular complexity index is 3760. The van der Waals surface area contributed by atoms with Gasteiger partial charge in [-0.1, -0.05) is 215 Å². The minimum atomic E-state index is -0.435. The van der Waals surface area contributed by atoms with Crippen LogP contribution in [0.1, 0.15) is 84.0 Å². The quantitative estimate of drug-likeness (QED) is 0.166. The molecule has 10 aromatic carbocycles. The first-order chi connectivity index (χ1) is 34.5. The number of benzene rings is 10. The van der Waals surface area contributed by atoms with E-state index in [-0.39, 0.29) is 10.8 Å². The lowest BCUT2D eigenvalue weighted by molar-refractivity contribution is 0.550. The predicted octanol–water partition coefficient (Wildman–Crippen LogP) is 18.0. The largest absolute Gasteiger partial charge is 0.310 e. The van der Waals surface area contributed by atoms with E-state index in [9.17, 15) is 0 Å². The molecule has 2 spiro atoms. The molecule has 5 aliphatic rings. The van der Waals surface area contributed by atoms with Crippen LogP contribution < -0.4 is 4.90 Å². The van der Waals surface area contributed by atoms with Crippen molar-refractivity contribution in [1.29, 1.82) is 0 Å². The van der Waals surface area contributed by atoms with Gasteiger partial charge in [-0.2, -0.15) is 0 Å². The Balaban J connectivity index is 0.921. The zero-order valence-electron chi connectivity index (χ0n) is 39.6. The minimum absolute atomic E-state index is 0.0512. The monoisotopic (exact) mass is 893 g/mol. The van der Waals surface area contributed by atoms with Crippen LogP contribution in [0, 0.1) is 0 Å². The summed E-state index contributed by atoms with van der Waals surface area (Å²) in [6.45, 7) is 4.78. The molecule has 0 radical (unpaired) electrons. The van der Waals surface area contributed by atoms with Crippen molar-refractivity contribution in [3.05, 3.63) is 269 Å². The maximum atomic E-state index is 2.57. The Kier molecular flexibility index (Phi) is 8.28. The molecule has 1 fully saturated rings. The van der Waals surface area contributed by atoms with Crippen molar-refractivity contribution in [1.82, 2.24) is 0 Å². The molecule has 10 aromatic rings. The van der Waals surface area contributed by atoms with E-state index in [0.29, 0.717) is 0 Å². The molecular formula is C69H51N. The minimum Gasteiger partial charge on any atom is -0.310 e. The van der Waals surface area contributed by atoms with Gasteiger partial charge in [0.25, 0.3) is 0 Å². The zero-order valence-corrected chi connectivity index (χ0v) is 39.6. The predicted molar refractivity (Wildman–Crippen MR) is 291 cm³/mol. The second-order valence-electron chi connectivity index (χ2n) is 21.0. The number of fused-ring (bicyclic) bond motifs is 18. The van der Waals surface area contributed by atoms with E-state index in [1.54, 1.807) is 0 Å². The van der Waals surface area contributed by atoms with E-state index in [2.05, 4.69) is 243 Å². The van der Waals surface area contributed by atoms with Crippen LogP contribution in [0.25, 0.3) is 66.8 Å². The Hall–Kier alpha value is -8.00. The van der Waals surface area contributed by atoms with Crippen molar-refractivity contribution in [3.63, 3.8) is 0 Å². The van der Waals surface area contributed by atoms with Gasteiger partial charge in [0, 0.05) is 27.9 Å². The molecule has 0 atom stereocenters. The number of anilines is 3. The fourth-order valence-electron chi connectivity index (χ4n) is 14.6. The SMILES string of the molecule is CC1(C)c2ccccc2-c2cccc(-c3ccccc3-c3ccc(N(c4ccc5c(c4)C4(CCCC4)c4ccccc4-5)c4ccc5c(c4)C4(c6ccccc6-c6ccccc64)c4ccccc4-5)cc3)c21. The standard InChI is InChI=1S/C69H51N/c1-67(2)59-27-10-5-24-54(59)58-26-17-25-57(66(58)67)49-19-4-3-18-48(49)44-32-34-45(35-33-44)70(46-36-38-55-50-20-6-11-28-60(50)68(64(55)42-46)40-15-16-41-68)47-37-39-56-53-23-9-14-31-63(53)69(65(56)43-47)61-29-12-7-21-51(61)52-22-8-13-30-62(52)69/h3-14,17-39,42-43H,15-16,40-41H2,1-2H3. The fraction of sp³-hybridized carbons (Fsp3) is 0.130. The van der Waals surface area contributed by atoms with Gasteiger partial charge in [0.05, 0.1) is 5.41 Å². The summed E-state index contributed by atoms with van der Waals surface area (Å²) in [7, 11) is 0. The molecule has 1 saturated carbocycles. The summed E-state index contributed by atoms with van der Waals surface area (Å²) >= 11 is 0. The van der Waals surface area contributed by atoms with Crippen LogP contribution in [0.15, 0.2) is 224 Å². The maximum Gasteiger partial charge on any atom is 0.0726 e. The van der Waals surface area contributed by atoms with Gasteiger partial charge >= 0.3 is 0 Å². The lowest BCUT2D eigenvalue weighted by Gasteiger charge is -2.33. The number of hydrogen-bond donors (Lipinski definition) is 0. The molecule has 0 aliphatic heterocycles. The van der Waals surface area contributed by atoms with Gasteiger partial charge < -0.3 is 4.90 Å². The van der Waals surface area contributed by atoms with E-state index >= 15 is 0 Å². The van der Waals surface area contributed by atoms with Gasteiger partial charge in [-0.25, -0.2) is 0 Å². The van der Waals surface area contributed by atoms with Crippen LogP contribution in [-0.4, -0.2) is 0 Å². The topological polar surface area (TPSA) is 3.24 Å². The second kappa shape index (κ2) is 14.5. The highest BCUT2D eigenvalue weighted by Gasteiger charge is 2.52. The summed E-state index contributed by atoms with van der Waals surface area (Å²) in [6.07, 6.45) is 4.91.